The van der Waals surface area contributed by atoms with E-state index in [4.69, 9.17) is 22.6 Å². The highest BCUT2D eigenvalue weighted by Gasteiger charge is 2.09. The summed E-state index contributed by atoms with van der Waals surface area (Å²) in [6.07, 6.45) is 0. The molecule has 3 nitrogen and oxygen atoms in total. The summed E-state index contributed by atoms with van der Waals surface area (Å²) in [5, 5.41) is 9.73. The molecule has 136 valence electrons. The molecule has 0 fully saturated rings. The zero-order chi connectivity index (χ0) is 19.1. The Bertz CT molecular complexity index is 894. The maximum Gasteiger partial charge on any atom is 0.0991 e. The molecule has 0 aromatic heterocycles. The van der Waals surface area contributed by atoms with Gasteiger partial charge in [0.1, 0.15) is 0 Å². The number of hydrogen-bond donors (Lipinski definition) is 1. The predicted octanol–water partition coefficient (Wildman–Crippen LogP) is 4.87. The van der Waals surface area contributed by atoms with Gasteiger partial charge in [0.25, 0.3) is 0 Å². The van der Waals surface area contributed by atoms with Crippen molar-refractivity contribution >= 4 is 11.6 Å². The Kier molecular flexibility index (Phi) is 6.62. The van der Waals surface area contributed by atoms with Crippen molar-refractivity contribution in [2.24, 2.45) is 5.73 Å². The lowest BCUT2D eigenvalue weighted by molar-refractivity contribution is 0.247. The summed E-state index contributed by atoms with van der Waals surface area (Å²) < 4.78 is 0. The fourth-order valence-electron chi connectivity index (χ4n) is 3.00. The van der Waals surface area contributed by atoms with Crippen molar-refractivity contribution in [2.45, 2.75) is 26.2 Å². The van der Waals surface area contributed by atoms with Crippen LogP contribution in [0.1, 0.15) is 27.8 Å². The molecule has 0 aliphatic heterocycles. The first-order chi connectivity index (χ1) is 13.2. The van der Waals surface area contributed by atoms with E-state index >= 15 is 0 Å². The average Bonchev–Trinajstić information content (AvgIpc) is 2.71. The van der Waals surface area contributed by atoms with E-state index < -0.39 is 0 Å². The van der Waals surface area contributed by atoms with E-state index in [9.17, 15) is 0 Å². The Morgan fingerprint density at radius 1 is 0.704 bits per heavy atom. The second-order valence-electron chi connectivity index (χ2n) is 6.60. The third-order valence-electron chi connectivity index (χ3n) is 4.47. The molecule has 0 bridgehead atoms. The van der Waals surface area contributed by atoms with E-state index in [0.29, 0.717) is 12.1 Å². The van der Waals surface area contributed by atoms with Crippen LogP contribution >= 0.6 is 11.6 Å². The number of nitriles is 1. The summed E-state index contributed by atoms with van der Waals surface area (Å²) in [6.45, 7) is 3.00. The Morgan fingerprint density at radius 2 is 1.11 bits per heavy atom. The average molecular weight is 376 g/mol. The first kappa shape index (κ1) is 19.1. The summed E-state index contributed by atoms with van der Waals surface area (Å²) in [5.41, 5.74) is 11.2. The molecule has 0 atom stereocenters. The van der Waals surface area contributed by atoms with Crippen LogP contribution in [-0.2, 0) is 26.2 Å². The molecule has 0 amide bonds. The Morgan fingerprint density at radius 3 is 1.56 bits per heavy atom. The zero-order valence-corrected chi connectivity index (χ0v) is 15.9. The molecule has 0 radical (unpaired) electrons. The van der Waals surface area contributed by atoms with Crippen molar-refractivity contribution in [1.82, 2.24) is 4.90 Å². The van der Waals surface area contributed by atoms with Gasteiger partial charge in [-0.2, -0.15) is 5.26 Å². The molecule has 2 N–H and O–H groups in total. The molecule has 0 aliphatic carbocycles. The van der Waals surface area contributed by atoms with Gasteiger partial charge in [-0.25, -0.2) is 0 Å². The third-order valence-corrected chi connectivity index (χ3v) is 4.73. The molecule has 3 aromatic rings. The second-order valence-corrected chi connectivity index (χ2v) is 7.04. The van der Waals surface area contributed by atoms with Crippen LogP contribution in [0.3, 0.4) is 0 Å². The third kappa shape index (κ3) is 5.67. The monoisotopic (exact) mass is 375 g/mol. The van der Waals surface area contributed by atoms with Gasteiger partial charge >= 0.3 is 0 Å². The van der Waals surface area contributed by atoms with E-state index in [1.165, 1.54) is 16.7 Å². The lowest BCUT2D eigenvalue weighted by Gasteiger charge is -2.23. The second kappa shape index (κ2) is 9.34. The molecule has 0 unspecified atom stereocenters. The largest absolute Gasteiger partial charge is 0.326 e. The topological polar surface area (TPSA) is 53.0 Å². The molecule has 4 heteroatoms. The number of halogens is 1. The first-order valence-electron chi connectivity index (χ1n) is 8.90. The SMILES string of the molecule is N#Cc1ccc(CN(Cc2ccc(Cl)cc2)Cc2ccc(CN)cc2)cc1. The van der Waals surface area contributed by atoms with Gasteiger partial charge in [-0.1, -0.05) is 60.1 Å². The maximum atomic E-state index is 8.99. The Hall–Kier alpha value is -2.64. The van der Waals surface area contributed by atoms with Crippen molar-refractivity contribution in [3.8, 4) is 6.07 Å². The molecule has 0 saturated carbocycles. The normalized spacial score (nSPS) is 10.7. The van der Waals surface area contributed by atoms with Crippen LogP contribution in [0.2, 0.25) is 5.02 Å². The van der Waals surface area contributed by atoms with Crippen molar-refractivity contribution in [3.63, 3.8) is 0 Å². The quantitative estimate of drug-likeness (QED) is 0.640. The van der Waals surface area contributed by atoms with Crippen molar-refractivity contribution in [1.29, 1.82) is 5.26 Å². The summed E-state index contributed by atoms with van der Waals surface area (Å²) >= 11 is 6.01. The minimum atomic E-state index is 0.556. The van der Waals surface area contributed by atoms with E-state index in [1.807, 2.05) is 36.4 Å². The standard InChI is InChI=1S/C23H22ClN3/c24-23-11-9-22(10-12-23)17-27(15-20-5-1-18(13-25)2-6-20)16-21-7-3-19(14-26)4-8-21/h1-12H,13,15-17,25H2. The minimum Gasteiger partial charge on any atom is -0.326 e. The van der Waals surface area contributed by atoms with Crippen LogP contribution in [0, 0.1) is 11.3 Å². The summed E-state index contributed by atoms with van der Waals surface area (Å²) in [5.74, 6) is 0. The van der Waals surface area contributed by atoms with Crippen LogP contribution in [-0.4, -0.2) is 4.90 Å². The number of rotatable bonds is 7. The van der Waals surface area contributed by atoms with Gasteiger partial charge in [0.2, 0.25) is 0 Å². The van der Waals surface area contributed by atoms with Gasteiger partial charge in [0.15, 0.2) is 0 Å². The van der Waals surface area contributed by atoms with E-state index in [2.05, 4.69) is 47.4 Å². The maximum absolute atomic E-state index is 8.99. The Labute approximate surface area is 165 Å². The first-order valence-corrected chi connectivity index (χ1v) is 9.28. The number of nitrogens with zero attached hydrogens (tertiary/aromatic N) is 2. The molecule has 0 spiro atoms. The van der Waals surface area contributed by atoms with Crippen LogP contribution < -0.4 is 5.73 Å². The highest BCUT2D eigenvalue weighted by molar-refractivity contribution is 6.30. The molecule has 3 aromatic carbocycles. The predicted molar refractivity (Wildman–Crippen MR) is 110 cm³/mol. The van der Waals surface area contributed by atoms with Gasteiger partial charge in [-0.15, -0.1) is 0 Å². The van der Waals surface area contributed by atoms with Crippen LogP contribution in [0.25, 0.3) is 0 Å². The lowest BCUT2D eigenvalue weighted by atomic mass is 10.1. The summed E-state index contributed by atoms with van der Waals surface area (Å²) in [6, 6.07) is 26.3. The molecule has 0 heterocycles. The van der Waals surface area contributed by atoms with Crippen molar-refractivity contribution < 1.29 is 0 Å². The minimum absolute atomic E-state index is 0.556. The highest BCUT2D eigenvalue weighted by atomic mass is 35.5. The van der Waals surface area contributed by atoms with Crippen molar-refractivity contribution in [2.75, 3.05) is 0 Å². The molecule has 0 aliphatic rings. The number of benzene rings is 3. The highest BCUT2D eigenvalue weighted by Crippen LogP contribution is 2.17. The Balaban J connectivity index is 1.77. The summed E-state index contributed by atoms with van der Waals surface area (Å²) in [4.78, 5) is 2.38. The number of nitrogens with two attached hydrogens (primary N) is 1. The smallest absolute Gasteiger partial charge is 0.0991 e. The van der Waals surface area contributed by atoms with Gasteiger partial charge in [0, 0.05) is 31.2 Å². The van der Waals surface area contributed by atoms with E-state index in [1.54, 1.807) is 0 Å². The van der Waals surface area contributed by atoms with Crippen molar-refractivity contribution in [3.05, 3.63) is 106 Å². The zero-order valence-electron chi connectivity index (χ0n) is 15.1. The fourth-order valence-corrected chi connectivity index (χ4v) is 3.12. The van der Waals surface area contributed by atoms with E-state index in [0.717, 1.165) is 30.2 Å². The lowest BCUT2D eigenvalue weighted by Crippen LogP contribution is -2.22. The van der Waals surface area contributed by atoms with Crippen LogP contribution in [0.15, 0.2) is 72.8 Å². The fraction of sp³-hybridized carbons (Fsp3) is 0.174. The molecule has 27 heavy (non-hydrogen) atoms. The van der Waals surface area contributed by atoms with Gasteiger partial charge in [0.05, 0.1) is 11.6 Å². The number of hydrogen-bond acceptors (Lipinski definition) is 3. The molecular weight excluding hydrogens is 354 g/mol. The molecule has 0 saturated heterocycles. The van der Waals surface area contributed by atoms with Crippen LogP contribution in [0.4, 0.5) is 0 Å². The molecular formula is C23H22ClN3. The van der Waals surface area contributed by atoms with Gasteiger partial charge in [-0.05, 0) is 46.5 Å². The summed E-state index contributed by atoms with van der Waals surface area (Å²) in [7, 11) is 0. The van der Waals surface area contributed by atoms with E-state index in [-0.39, 0.29) is 0 Å². The molecule has 3 rings (SSSR count). The van der Waals surface area contributed by atoms with Crippen LogP contribution in [0.5, 0.6) is 0 Å². The van der Waals surface area contributed by atoms with Gasteiger partial charge < -0.3 is 5.73 Å². The van der Waals surface area contributed by atoms with Gasteiger partial charge in [-0.3, -0.25) is 4.90 Å².